The zero-order valence-electron chi connectivity index (χ0n) is 19.6. The molecule has 0 bridgehead atoms. The number of halogens is 3. The van der Waals surface area contributed by atoms with Gasteiger partial charge in [0.2, 0.25) is 0 Å². The lowest BCUT2D eigenvalue weighted by atomic mass is 9.68. The maximum Gasteiger partial charge on any atom is 0.391 e. The first-order chi connectivity index (χ1) is 15.4. The van der Waals surface area contributed by atoms with Gasteiger partial charge in [0.25, 0.3) is 0 Å². The second-order valence-corrected chi connectivity index (χ2v) is 10.6. The maximum atomic E-state index is 13.1. The Labute approximate surface area is 191 Å². The van der Waals surface area contributed by atoms with E-state index < -0.39 is 12.1 Å². The number of unbranched alkanes of at least 4 members (excludes halogenated alkanes) is 2. The summed E-state index contributed by atoms with van der Waals surface area (Å²) >= 11 is 0. The summed E-state index contributed by atoms with van der Waals surface area (Å²) in [5, 5.41) is 19.2. The largest absolute Gasteiger partial charge is 0.395 e. The van der Waals surface area contributed by atoms with Crippen molar-refractivity contribution in [2.45, 2.75) is 102 Å². The number of likely N-dealkylation sites (tertiary alicyclic amines) is 1. The standard InChI is InChI=1S/C25H44F3NO3/c26-25(27,28)22-6-4-5-21(15-22)20-9-7-19(8-10-20)18-32-14-3-1-2-12-29-13-11-24(31)16-23(29)17-30/h19-24,30-31H,1-18H2/t19?,20?,21?,22?,23-,24?/m1/s1. The molecule has 0 aromatic heterocycles. The molecule has 3 unspecified atom stereocenters. The van der Waals surface area contributed by atoms with Gasteiger partial charge in [0, 0.05) is 25.8 Å². The number of rotatable bonds is 10. The number of aliphatic hydroxyl groups is 2. The van der Waals surface area contributed by atoms with E-state index in [1.54, 1.807) is 0 Å². The van der Waals surface area contributed by atoms with Crippen molar-refractivity contribution in [1.29, 1.82) is 0 Å². The lowest BCUT2D eigenvalue weighted by Crippen LogP contribution is -2.46. The number of nitrogens with zero attached hydrogens (tertiary/aromatic N) is 1. The molecular formula is C25H44F3NO3. The van der Waals surface area contributed by atoms with Crippen LogP contribution in [0, 0.1) is 23.7 Å². The average molecular weight is 464 g/mol. The van der Waals surface area contributed by atoms with Crippen molar-refractivity contribution in [3.05, 3.63) is 0 Å². The SMILES string of the molecule is OC[C@H]1CC(O)CCN1CCCCCOCC1CCC(C2CCCC(C(F)(F)F)C2)CC1. The highest BCUT2D eigenvalue weighted by Crippen LogP contribution is 2.46. The molecule has 0 aromatic rings. The minimum Gasteiger partial charge on any atom is -0.395 e. The van der Waals surface area contributed by atoms with Crippen molar-refractivity contribution in [3.8, 4) is 0 Å². The molecule has 4 nitrogen and oxygen atoms in total. The topological polar surface area (TPSA) is 52.9 Å². The van der Waals surface area contributed by atoms with E-state index in [2.05, 4.69) is 4.90 Å². The Hall–Kier alpha value is -0.370. The first kappa shape index (κ1) is 26.2. The molecule has 0 amide bonds. The summed E-state index contributed by atoms with van der Waals surface area (Å²) in [5.41, 5.74) is 0. The van der Waals surface area contributed by atoms with Gasteiger partial charge >= 0.3 is 6.18 Å². The number of alkyl halides is 3. The molecule has 2 aliphatic carbocycles. The molecule has 7 heteroatoms. The molecule has 1 aliphatic heterocycles. The number of aliphatic hydroxyl groups excluding tert-OH is 2. The number of hydrogen-bond acceptors (Lipinski definition) is 4. The zero-order valence-corrected chi connectivity index (χ0v) is 19.6. The number of ether oxygens (including phenoxy) is 1. The van der Waals surface area contributed by atoms with Gasteiger partial charge in [0.1, 0.15) is 0 Å². The lowest BCUT2D eigenvalue weighted by Gasteiger charge is -2.38. The summed E-state index contributed by atoms with van der Waals surface area (Å²) in [6.07, 6.45) is 7.14. The third kappa shape index (κ3) is 8.14. The second kappa shape index (κ2) is 12.9. The van der Waals surface area contributed by atoms with E-state index in [-0.39, 0.29) is 24.7 Å². The van der Waals surface area contributed by atoms with Crippen LogP contribution in [0.2, 0.25) is 0 Å². The Morgan fingerprint density at radius 2 is 1.66 bits per heavy atom. The molecule has 32 heavy (non-hydrogen) atoms. The molecule has 4 atom stereocenters. The van der Waals surface area contributed by atoms with Gasteiger partial charge in [-0.15, -0.1) is 0 Å². The summed E-state index contributed by atoms with van der Waals surface area (Å²) in [7, 11) is 0. The van der Waals surface area contributed by atoms with E-state index in [0.717, 1.165) is 90.5 Å². The Kier molecular flexibility index (Phi) is 10.6. The molecule has 0 radical (unpaired) electrons. The fourth-order valence-electron chi connectivity index (χ4n) is 6.29. The van der Waals surface area contributed by atoms with Crippen LogP contribution in [0.4, 0.5) is 13.2 Å². The van der Waals surface area contributed by atoms with Gasteiger partial charge in [-0.3, -0.25) is 4.90 Å². The summed E-state index contributed by atoms with van der Waals surface area (Å²) < 4.78 is 45.2. The van der Waals surface area contributed by atoms with Crippen LogP contribution in [-0.4, -0.2) is 66.3 Å². The number of piperidine rings is 1. The van der Waals surface area contributed by atoms with Gasteiger partial charge < -0.3 is 14.9 Å². The summed E-state index contributed by atoms with van der Waals surface area (Å²) in [6, 6.07) is 0.0954. The van der Waals surface area contributed by atoms with Crippen LogP contribution in [0.25, 0.3) is 0 Å². The van der Waals surface area contributed by atoms with Crippen LogP contribution in [0.3, 0.4) is 0 Å². The van der Waals surface area contributed by atoms with Gasteiger partial charge in [0.05, 0.1) is 18.6 Å². The molecule has 2 N–H and O–H groups in total. The normalized spacial score (nSPS) is 35.2. The monoisotopic (exact) mass is 463 g/mol. The minimum absolute atomic E-state index is 0.0954. The molecule has 2 saturated carbocycles. The predicted octanol–water partition coefficient (Wildman–Crippen LogP) is 5.17. The molecule has 0 aromatic carbocycles. The van der Waals surface area contributed by atoms with Gasteiger partial charge in [-0.25, -0.2) is 0 Å². The number of hydrogen-bond donors (Lipinski definition) is 2. The van der Waals surface area contributed by atoms with Crippen LogP contribution >= 0.6 is 0 Å². The van der Waals surface area contributed by atoms with Gasteiger partial charge in [-0.2, -0.15) is 13.2 Å². The van der Waals surface area contributed by atoms with Crippen molar-refractivity contribution in [1.82, 2.24) is 4.90 Å². The summed E-state index contributed by atoms with van der Waals surface area (Å²) in [5.74, 6) is 0.248. The van der Waals surface area contributed by atoms with Crippen LogP contribution in [0.15, 0.2) is 0 Å². The van der Waals surface area contributed by atoms with E-state index in [4.69, 9.17) is 4.74 Å². The molecule has 0 spiro atoms. The first-order valence-electron chi connectivity index (χ1n) is 13.0. The van der Waals surface area contributed by atoms with E-state index in [1.165, 1.54) is 0 Å². The highest BCUT2D eigenvalue weighted by molar-refractivity contribution is 4.85. The van der Waals surface area contributed by atoms with Crippen molar-refractivity contribution >= 4 is 0 Å². The molecule has 3 aliphatic rings. The van der Waals surface area contributed by atoms with Crippen LogP contribution in [0.1, 0.15) is 83.5 Å². The third-order valence-corrected chi connectivity index (χ3v) is 8.34. The van der Waals surface area contributed by atoms with E-state index in [0.29, 0.717) is 31.1 Å². The Balaban J connectivity index is 1.21. The lowest BCUT2D eigenvalue weighted by molar-refractivity contribution is -0.187. The van der Waals surface area contributed by atoms with Crippen molar-refractivity contribution in [3.63, 3.8) is 0 Å². The average Bonchev–Trinajstić information content (AvgIpc) is 2.79. The van der Waals surface area contributed by atoms with Gasteiger partial charge in [-0.05, 0) is 94.9 Å². The molecule has 3 fully saturated rings. The summed E-state index contributed by atoms with van der Waals surface area (Å²) in [6.45, 7) is 3.52. The molecule has 3 rings (SSSR count). The van der Waals surface area contributed by atoms with E-state index >= 15 is 0 Å². The highest BCUT2D eigenvalue weighted by atomic mass is 19.4. The smallest absolute Gasteiger partial charge is 0.391 e. The predicted molar refractivity (Wildman–Crippen MR) is 119 cm³/mol. The Bertz CT molecular complexity index is 525. The van der Waals surface area contributed by atoms with Gasteiger partial charge in [0.15, 0.2) is 0 Å². The minimum atomic E-state index is -4.01. The quantitative estimate of drug-likeness (QED) is 0.439. The van der Waals surface area contributed by atoms with Crippen LogP contribution in [0.5, 0.6) is 0 Å². The molecule has 1 heterocycles. The van der Waals surface area contributed by atoms with Crippen molar-refractivity contribution in [2.24, 2.45) is 23.7 Å². The van der Waals surface area contributed by atoms with Crippen molar-refractivity contribution in [2.75, 3.05) is 32.9 Å². The molecular weight excluding hydrogens is 419 g/mol. The van der Waals surface area contributed by atoms with E-state index in [1.807, 2.05) is 0 Å². The third-order valence-electron chi connectivity index (χ3n) is 8.34. The molecule has 188 valence electrons. The highest BCUT2D eigenvalue weighted by Gasteiger charge is 2.43. The second-order valence-electron chi connectivity index (χ2n) is 10.6. The van der Waals surface area contributed by atoms with Gasteiger partial charge in [-0.1, -0.05) is 12.8 Å². The summed E-state index contributed by atoms with van der Waals surface area (Å²) in [4.78, 5) is 2.30. The zero-order chi connectivity index (χ0) is 23.0. The first-order valence-corrected chi connectivity index (χ1v) is 13.0. The van der Waals surface area contributed by atoms with Crippen LogP contribution < -0.4 is 0 Å². The fraction of sp³-hybridized carbons (Fsp3) is 1.00. The Morgan fingerprint density at radius 1 is 0.875 bits per heavy atom. The molecule has 1 saturated heterocycles. The maximum absolute atomic E-state index is 13.1. The fourth-order valence-corrected chi connectivity index (χ4v) is 6.29. The Morgan fingerprint density at radius 3 is 2.38 bits per heavy atom. The van der Waals surface area contributed by atoms with Crippen molar-refractivity contribution < 1.29 is 28.1 Å². The van der Waals surface area contributed by atoms with E-state index in [9.17, 15) is 23.4 Å². The van der Waals surface area contributed by atoms with Crippen LogP contribution in [-0.2, 0) is 4.74 Å².